The molecule has 0 bridgehead atoms. The number of nitrogens with two attached hydrogens (primary N) is 1. The van der Waals surface area contributed by atoms with Crippen LogP contribution in [0.25, 0.3) is 0 Å². The summed E-state index contributed by atoms with van der Waals surface area (Å²) in [5.41, 5.74) is 7.12. The Labute approximate surface area is 103 Å². The van der Waals surface area contributed by atoms with E-state index in [0.29, 0.717) is 0 Å². The number of nitrogens with zero attached hydrogens (tertiary/aromatic N) is 1. The van der Waals surface area contributed by atoms with Crippen LogP contribution in [0, 0.1) is 0 Å². The van der Waals surface area contributed by atoms with Crippen LogP contribution < -0.4 is 5.73 Å². The molecule has 1 aliphatic rings. The van der Waals surface area contributed by atoms with Crippen molar-refractivity contribution < 1.29 is 4.79 Å². The summed E-state index contributed by atoms with van der Waals surface area (Å²) in [5.74, 6) is 0.124. The van der Waals surface area contributed by atoms with Crippen LogP contribution in [0.4, 0.5) is 0 Å². The lowest BCUT2D eigenvalue weighted by molar-refractivity contribution is -0.132. The zero-order valence-corrected chi connectivity index (χ0v) is 10.1. The van der Waals surface area contributed by atoms with Gasteiger partial charge >= 0.3 is 0 Å². The highest BCUT2D eigenvalue weighted by molar-refractivity contribution is 5.81. The lowest BCUT2D eigenvalue weighted by atomic mass is 10.1. The van der Waals surface area contributed by atoms with Crippen molar-refractivity contribution in [3.8, 4) is 0 Å². The number of likely N-dealkylation sites (tertiary alicyclic amines) is 1. The third-order valence-corrected chi connectivity index (χ3v) is 3.34. The first kappa shape index (κ1) is 12.1. The van der Waals surface area contributed by atoms with Crippen molar-refractivity contribution in [1.82, 2.24) is 4.90 Å². The van der Waals surface area contributed by atoms with Gasteiger partial charge in [-0.3, -0.25) is 4.79 Å². The fourth-order valence-corrected chi connectivity index (χ4v) is 2.27. The molecule has 1 aromatic carbocycles. The van der Waals surface area contributed by atoms with Crippen LogP contribution in [-0.4, -0.2) is 29.9 Å². The maximum atomic E-state index is 12.0. The Morgan fingerprint density at radius 1 is 1.24 bits per heavy atom. The molecule has 3 nitrogen and oxygen atoms in total. The van der Waals surface area contributed by atoms with Gasteiger partial charge in [-0.2, -0.15) is 0 Å². The molecule has 1 atom stereocenters. The first-order chi connectivity index (χ1) is 8.27. The minimum Gasteiger partial charge on any atom is -0.341 e. The lowest BCUT2D eigenvalue weighted by Gasteiger charge is -2.22. The summed E-state index contributed by atoms with van der Waals surface area (Å²) >= 11 is 0. The smallest absolute Gasteiger partial charge is 0.239 e. The van der Waals surface area contributed by atoms with Crippen molar-refractivity contribution in [1.29, 1.82) is 0 Å². The number of benzene rings is 1. The molecule has 17 heavy (non-hydrogen) atoms. The minimum atomic E-state index is -0.284. The summed E-state index contributed by atoms with van der Waals surface area (Å²) in [6.07, 6.45) is 3.89. The molecule has 2 rings (SSSR count). The van der Waals surface area contributed by atoms with Gasteiger partial charge in [0.1, 0.15) is 0 Å². The number of amides is 1. The van der Waals surface area contributed by atoms with Gasteiger partial charge in [0, 0.05) is 13.1 Å². The SMILES string of the molecule is N[C@H]1CCCCN(CCc2ccccc2)C1=O. The van der Waals surface area contributed by atoms with Crippen molar-refractivity contribution in [3.63, 3.8) is 0 Å². The number of carbonyl (C=O) groups excluding carboxylic acids is 1. The van der Waals surface area contributed by atoms with Gasteiger partial charge in [-0.1, -0.05) is 30.3 Å². The largest absolute Gasteiger partial charge is 0.341 e. The second-order valence-electron chi connectivity index (χ2n) is 4.66. The second-order valence-corrected chi connectivity index (χ2v) is 4.66. The maximum absolute atomic E-state index is 12.0. The molecule has 92 valence electrons. The molecule has 1 heterocycles. The second kappa shape index (κ2) is 5.82. The third-order valence-electron chi connectivity index (χ3n) is 3.34. The van der Waals surface area contributed by atoms with E-state index in [9.17, 15) is 4.79 Å². The van der Waals surface area contributed by atoms with E-state index in [1.807, 2.05) is 23.1 Å². The Balaban J connectivity index is 1.91. The Bertz CT molecular complexity index is 364. The maximum Gasteiger partial charge on any atom is 0.239 e. The van der Waals surface area contributed by atoms with E-state index < -0.39 is 0 Å². The summed E-state index contributed by atoms with van der Waals surface area (Å²) in [5, 5.41) is 0. The molecular formula is C14H20N2O. The van der Waals surface area contributed by atoms with E-state index >= 15 is 0 Å². The lowest BCUT2D eigenvalue weighted by Crippen LogP contribution is -2.43. The average molecular weight is 232 g/mol. The molecule has 0 saturated carbocycles. The van der Waals surface area contributed by atoms with Gasteiger partial charge in [-0.05, 0) is 31.2 Å². The standard InChI is InChI=1S/C14H20N2O/c15-13-8-4-5-10-16(14(13)17)11-9-12-6-2-1-3-7-12/h1-3,6-7,13H,4-5,8-11,15H2/t13-/m0/s1. The van der Waals surface area contributed by atoms with E-state index in [4.69, 9.17) is 5.73 Å². The van der Waals surface area contributed by atoms with Crippen LogP contribution in [0.1, 0.15) is 24.8 Å². The third kappa shape index (κ3) is 3.30. The van der Waals surface area contributed by atoms with E-state index in [1.54, 1.807) is 0 Å². The first-order valence-corrected chi connectivity index (χ1v) is 6.35. The highest BCUT2D eigenvalue weighted by atomic mass is 16.2. The molecule has 0 radical (unpaired) electrons. The molecule has 0 aromatic heterocycles. The molecule has 0 aliphatic carbocycles. The minimum absolute atomic E-state index is 0.124. The summed E-state index contributed by atoms with van der Waals surface area (Å²) in [6.45, 7) is 1.65. The normalized spacial score (nSPS) is 21.4. The summed E-state index contributed by atoms with van der Waals surface area (Å²) in [4.78, 5) is 13.9. The zero-order valence-electron chi connectivity index (χ0n) is 10.1. The predicted octanol–water partition coefficient (Wildman–Crippen LogP) is 1.57. The van der Waals surface area contributed by atoms with Gasteiger partial charge in [0.15, 0.2) is 0 Å². The quantitative estimate of drug-likeness (QED) is 0.860. The highest BCUT2D eigenvalue weighted by Crippen LogP contribution is 2.11. The zero-order chi connectivity index (χ0) is 12.1. The van der Waals surface area contributed by atoms with Crippen LogP contribution in [-0.2, 0) is 11.2 Å². The molecule has 3 heteroatoms. The van der Waals surface area contributed by atoms with Crippen LogP contribution in [0.2, 0.25) is 0 Å². The molecule has 1 amide bonds. The topological polar surface area (TPSA) is 46.3 Å². The van der Waals surface area contributed by atoms with E-state index in [1.165, 1.54) is 5.56 Å². The Morgan fingerprint density at radius 3 is 2.76 bits per heavy atom. The van der Waals surface area contributed by atoms with Crippen LogP contribution in [0.5, 0.6) is 0 Å². The van der Waals surface area contributed by atoms with Crippen molar-refractivity contribution in [2.45, 2.75) is 31.7 Å². The molecule has 1 fully saturated rings. The molecule has 1 saturated heterocycles. The van der Waals surface area contributed by atoms with Crippen molar-refractivity contribution in [2.75, 3.05) is 13.1 Å². The number of carbonyl (C=O) groups is 1. The Kier molecular flexibility index (Phi) is 4.15. The monoisotopic (exact) mass is 232 g/mol. The number of rotatable bonds is 3. The van der Waals surface area contributed by atoms with E-state index in [2.05, 4.69) is 12.1 Å². The molecule has 1 aliphatic heterocycles. The van der Waals surface area contributed by atoms with Crippen molar-refractivity contribution >= 4 is 5.91 Å². The van der Waals surface area contributed by atoms with Crippen LogP contribution in [0.3, 0.4) is 0 Å². The van der Waals surface area contributed by atoms with Crippen molar-refractivity contribution in [2.24, 2.45) is 5.73 Å². The van der Waals surface area contributed by atoms with Crippen molar-refractivity contribution in [3.05, 3.63) is 35.9 Å². The Hall–Kier alpha value is -1.35. The highest BCUT2D eigenvalue weighted by Gasteiger charge is 2.23. The van der Waals surface area contributed by atoms with Gasteiger partial charge in [0.05, 0.1) is 6.04 Å². The van der Waals surface area contributed by atoms with Gasteiger partial charge in [-0.25, -0.2) is 0 Å². The molecule has 1 aromatic rings. The summed E-state index contributed by atoms with van der Waals surface area (Å²) in [7, 11) is 0. The molecule has 0 unspecified atom stereocenters. The Morgan fingerprint density at radius 2 is 2.00 bits per heavy atom. The van der Waals surface area contributed by atoms with E-state index in [0.717, 1.165) is 38.8 Å². The summed E-state index contributed by atoms with van der Waals surface area (Å²) in [6, 6.07) is 9.99. The molecule has 2 N–H and O–H groups in total. The van der Waals surface area contributed by atoms with Gasteiger partial charge in [-0.15, -0.1) is 0 Å². The fourth-order valence-electron chi connectivity index (χ4n) is 2.27. The number of hydrogen-bond donors (Lipinski definition) is 1. The first-order valence-electron chi connectivity index (χ1n) is 6.35. The summed E-state index contributed by atoms with van der Waals surface area (Å²) < 4.78 is 0. The van der Waals surface area contributed by atoms with E-state index in [-0.39, 0.29) is 11.9 Å². The fraction of sp³-hybridized carbons (Fsp3) is 0.500. The predicted molar refractivity (Wildman–Crippen MR) is 68.6 cm³/mol. The molecular weight excluding hydrogens is 212 g/mol. The van der Waals surface area contributed by atoms with Gasteiger partial charge in [0.25, 0.3) is 0 Å². The average Bonchev–Trinajstić information content (AvgIpc) is 2.52. The van der Waals surface area contributed by atoms with Gasteiger partial charge < -0.3 is 10.6 Å². The van der Waals surface area contributed by atoms with Crippen LogP contribution in [0.15, 0.2) is 30.3 Å². The molecule has 0 spiro atoms. The van der Waals surface area contributed by atoms with Gasteiger partial charge in [0.2, 0.25) is 5.91 Å². The van der Waals surface area contributed by atoms with Crippen LogP contribution >= 0.6 is 0 Å². The number of hydrogen-bond acceptors (Lipinski definition) is 2.